The van der Waals surface area contributed by atoms with Crippen LogP contribution in [-0.2, 0) is 0 Å². The molecule has 150 valence electrons. The van der Waals surface area contributed by atoms with Crippen LogP contribution in [0.25, 0.3) is 33.3 Å². The van der Waals surface area contributed by atoms with Crippen molar-refractivity contribution in [2.24, 2.45) is 0 Å². The predicted octanol–water partition coefficient (Wildman–Crippen LogP) is 3.94. The van der Waals surface area contributed by atoms with Gasteiger partial charge in [-0.3, -0.25) is 15.0 Å². The lowest BCUT2D eigenvalue weighted by Gasteiger charge is -2.15. The van der Waals surface area contributed by atoms with Crippen LogP contribution >= 0.6 is 0 Å². The van der Waals surface area contributed by atoms with Gasteiger partial charge in [0.2, 0.25) is 0 Å². The number of methoxy groups -OCH3 is 1. The summed E-state index contributed by atoms with van der Waals surface area (Å²) in [5, 5.41) is 19.0. The molecular formula is C22H16FN3O4. The molecule has 0 unspecified atom stereocenters. The summed E-state index contributed by atoms with van der Waals surface area (Å²) in [6.45, 7) is 0. The van der Waals surface area contributed by atoms with Crippen LogP contribution in [0.2, 0.25) is 0 Å². The number of carbonyl (C=O) groups excluding carboxylic acids is 1. The summed E-state index contributed by atoms with van der Waals surface area (Å²) >= 11 is 0. The van der Waals surface area contributed by atoms with Crippen molar-refractivity contribution in [2.75, 3.05) is 7.11 Å². The molecule has 2 heterocycles. The lowest BCUT2D eigenvalue weighted by atomic mass is 9.99. The van der Waals surface area contributed by atoms with Crippen LogP contribution in [0.1, 0.15) is 10.4 Å². The summed E-state index contributed by atoms with van der Waals surface area (Å²) in [5.41, 5.74) is 4.17. The monoisotopic (exact) mass is 405 g/mol. The third-order valence-electron chi connectivity index (χ3n) is 4.70. The highest BCUT2D eigenvalue weighted by molar-refractivity contribution is 6.09. The van der Waals surface area contributed by atoms with E-state index >= 15 is 0 Å². The number of halogens is 1. The molecule has 7 nitrogen and oxygen atoms in total. The number of benzene rings is 2. The topological polar surface area (TPSA) is 105 Å². The van der Waals surface area contributed by atoms with Crippen LogP contribution in [-0.4, -0.2) is 33.3 Å². The van der Waals surface area contributed by atoms with Crippen molar-refractivity contribution in [1.29, 1.82) is 0 Å². The average molecular weight is 405 g/mol. The molecule has 2 aromatic carbocycles. The minimum atomic E-state index is -0.753. The van der Waals surface area contributed by atoms with Gasteiger partial charge in [0, 0.05) is 35.0 Å². The Bertz CT molecular complexity index is 1260. The Labute approximate surface area is 170 Å². The summed E-state index contributed by atoms with van der Waals surface area (Å²) in [6.07, 6.45) is 3.01. The Hall–Kier alpha value is -4.04. The van der Waals surface area contributed by atoms with Gasteiger partial charge in [0.25, 0.3) is 5.91 Å². The van der Waals surface area contributed by atoms with E-state index in [1.807, 2.05) is 0 Å². The van der Waals surface area contributed by atoms with Crippen molar-refractivity contribution in [3.05, 3.63) is 72.3 Å². The van der Waals surface area contributed by atoms with Crippen LogP contribution in [0, 0.1) is 5.82 Å². The number of hydroxylamine groups is 1. The Balaban J connectivity index is 1.88. The van der Waals surface area contributed by atoms with E-state index in [0.29, 0.717) is 33.3 Å². The molecule has 4 aromatic rings. The van der Waals surface area contributed by atoms with Gasteiger partial charge in [-0.1, -0.05) is 24.3 Å². The highest BCUT2D eigenvalue weighted by Crippen LogP contribution is 2.37. The number of aromatic hydroxyl groups is 1. The largest absolute Gasteiger partial charge is 0.508 e. The van der Waals surface area contributed by atoms with Crippen LogP contribution < -0.4 is 10.2 Å². The predicted molar refractivity (Wildman–Crippen MR) is 108 cm³/mol. The van der Waals surface area contributed by atoms with Gasteiger partial charge in [-0.25, -0.2) is 14.9 Å². The van der Waals surface area contributed by atoms with Crippen molar-refractivity contribution in [2.45, 2.75) is 0 Å². The van der Waals surface area contributed by atoms with Gasteiger partial charge in [-0.2, -0.15) is 0 Å². The molecule has 0 saturated heterocycles. The lowest BCUT2D eigenvalue weighted by Crippen LogP contribution is -2.20. The number of fused-ring (bicyclic) bond motifs is 1. The van der Waals surface area contributed by atoms with Gasteiger partial charge in [0.05, 0.1) is 18.2 Å². The average Bonchev–Trinajstić information content (AvgIpc) is 2.77. The van der Waals surface area contributed by atoms with Gasteiger partial charge < -0.3 is 9.84 Å². The second kappa shape index (κ2) is 7.76. The van der Waals surface area contributed by atoms with Gasteiger partial charge >= 0.3 is 0 Å². The standard InChI is InChI=1S/C22H16FN3O4/c1-30-21-19(22(28)26-29)16-11-24-9-8-18(16)25-20(21)13-4-2-12(3-5-13)15-7-6-14(27)10-17(15)23/h2-11,27,29H,1H3,(H,26,28). The Morgan fingerprint density at radius 3 is 2.50 bits per heavy atom. The second-order valence-corrected chi connectivity index (χ2v) is 6.44. The van der Waals surface area contributed by atoms with E-state index in [4.69, 9.17) is 4.74 Å². The number of nitrogens with one attached hydrogen (secondary N) is 1. The van der Waals surface area contributed by atoms with Crippen molar-refractivity contribution in [3.63, 3.8) is 0 Å². The minimum Gasteiger partial charge on any atom is -0.508 e. The molecule has 0 aliphatic carbocycles. The fraction of sp³-hybridized carbons (Fsp3) is 0.0455. The zero-order chi connectivity index (χ0) is 21.3. The van der Waals surface area contributed by atoms with E-state index in [9.17, 15) is 19.5 Å². The van der Waals surface area contributed by atoms with Crippen LogP contribution in [0.3, 0.4) is 0 Å². The van der Waals surface area contributed by atoms with Crippen LogP contribution in [0.4, 0.5) is 4.39 Å². The van der Waals surface area contributed by atoms with E-state index < -0.39 is 11.7 Å². The molecule has 0 fully saturated rings. The van der Waals surface area contributed by atoms with Crippen LogP contribution in [0.15, 0.2) is 60.9 Å². The molecule has 0 saturated carbocycles. The van der Waals surface area contributed by atoms with E-state index in [0.717, 1.165) is 6.07 Å². The summed E-state index contributed by atoms with van der Waals surface area (Å²) in [4.78, 5) is 20.9. The molecule has 8 heteroatoms. The normalized spacial score (nSPS) is 10.8. The molecule has 0 atom stereocenters. The maximum Gasteiger partial charge on any atom is 0.279 e. The quantitative estimate of drug-likeness (QED) is 0.351. The first-order chi connectivity index (χ1) is 14.5. The third-order valence-corrected chi connectivity index (χ3v) is 4.70. The maximum atomic E-state index is 14.2. The van der Waals surface area contributed by atoms with Gasteiger partial charge in [-0.15, -0.1) is 0 Å². The number of nitrogens with zero attached hydrogens (tertiary/aromatic N) is 2. The highest BCUT2D eigenvalue weighted by Gasteiger charge is 2.22. The fourth-order valence-electron chi connectivity index (χ4n) is 3.31. The second-order valence-electron chi connectivity index (χ2n) is 6.44. The molecule has 0 spiro atoms. The number of hydrogen-bond acceptors (Lipinski definition) is 6. The molecule has 0 aliphatic rings. The minimum absolute atomic E-state index is 0.0988. The molecule has 0 radical (unpaired) electrons. The van der Waals surface area contributed by atoms with Gasteiger partial charge in [0.1, 0.15) is 17.3 Å². The zero-order valence-corrected chi connectivity index (χ0v) is 15.8. The lowest BCUT2D eigenvalue weighted by molar-refractivity contribution is 0.0705. The fourth-order valence-corrected chi connectivity index (χ4v) is 3.31. The summed E-state index contributed by atoms with van der Waals surface area (Å²) < 4.78 is 19.6. The number of ether oxygens (including phenoxy) is 1. The van der Waals surface area contributed by atoms with Gasteiger partial charge in [-0.05, 0) is 23.8 Å². The Morgan fingerprint density at radius 2 is 1.83 bits per heavy atom. The number of pyridine rings is 2. The van der Waals surface area contributed by atoms with Crippen molar-refractivity contribution in [3.8, 4) is 33.9 Å². The molecule has 30 heavy (non-hydrogen) atoms. The summed E-state index contributed by atoms with van der Waals surface area (Å²) in [6, 6.07) is 12.4. The summed E-state index contributed by atoms with van der Waals surface area (Å²) in [5.74, 6) is -1.28. The number of carbonyl (C=O) groups is 1. The highest BCUT2D eigenvalue weighted by atomic mass is 19.1. The molecule has 1 amide bonds. The number of amides is 1. The molecule has 0 aliphatic heterocycles. The smallest absolute Gasteiger partial charge is 0.279 e. The molecule has 2 aromatic heterocycles. The number of phenolic OH excluding ortho intramolecular Hbond substituents is 1. The van der Waals surface area contributed by atoms with E-state index in [-0.39, 0.29) is 17.1 Å². The number of aromatic nitrogens is 2. The molecule has 3 N–H and O–H groups in total. The Kier molecular flexibility index (Phi) is 4.99. The first kappa shape index (κ1) is 19.3. The molecule has 4 rings (SSSR count). The first-order valence-corrected chi connectivity index (χ1v) is 8.89. The molecular weight excluding hydrogens is 389 g/mol. The Morgan fingerprint density at radius 1 is 1.10 bits per heavy atom. The van der Waals surface area contributed by atoms with Crippen molar-refractivity contribution < 1.29 is 24.2 Å². The molecule has 0 bridgehead atoms. The van der Waals surface area contributed by atoms with E-state index in [1.54, 1.807) is 42.0 Å². The zero-order valence-electron chi connectivity index (χ0n) is 15.8. The third kappa shape index (κ3) is 3.29. The number of phenols is 1. The number of hydrogen-bond donors (Lipinski definition) is 3. The summed E-state index contributed by atoms with van der Waals surface area (Å²) in [7, 11) is 1.40. The number of rotatable bonds is 4. The van der Waals surface area contributed by atoms with E-state index in [2.05, 4.69) is 9.97 Å². The first-order valence-electron chi connectivity index (χ1n) is 8.89. The SMILES string of the molecule is COc1c(-c2ccc(-c3ccc(O)cc3F)cc2)nc2ccncc2c1C(=O)NO. The maximum absolute atomic E-state index is 14.2. The van der Waals surface area contributed by atoms with Crippen LogP contribution in [0.5, 0.6) is 11.5 Å². The van der Waals surface area contributed by atoms with Crippen molar-refractivity contribution in [1.82, 2.24) is 15.4 Å². The van der Waals surface area contributed by atoms with Crippen molar-refractivity contribution >= 4 is 16.8 Å². The van der Waals surface area contributed by atoms with E-state index in [1.165, 1.54) is 25.4 Å². The van der Waals surface area contributed by atoms with Gasteiger partial charge in [0.15, 0.2) is 5.75 Å².